The summed E-state index contributed by atoms with van der Waals surface area (Å²) >= 11 is 0. The first-order valence-electron chi connectivity index (χ1n) is 8.32. The molecule has 0 aliphatic rings. The molecule has 26 heavy (non-hydrogen) atoms. The highest BCUT2D eigenvalue weighted by molar-refractivity contribution is 5.93. The summed E-state index contributed by atoms with van der Waals surface area (Å²) in [6.07, 6.45) is 7.71. The molecule has 2 N–H and O–H groups in total. The van der Waals surface area contributed by atoms with Gasteiger partial charge in [-0.05, 0) is 49.8 Å². The Morgan fingerprint density at radius 2 is 1.92 bits per heavy atom. The van der Waals surface area contributed by atoms with Gasteiger partial charge in [0.2, 0.25) is 5.91 Å². The van der Waals surface area contributed by atoms with Crippen molar-refractivity contribution < 1.29 is 4.79 Å². The third-order valence-corrected chi connectivity index (χ3v) is 3.98. The second kappa shape index (κ2) is 7.61. The van der Waals surface area contributed by atoms with Gasteiger partial charge < -0.3 is 5.73 Å². The highest BCUT2D eigenvalue weighted by Gasteiger charge is 2.13. The summed E-state index contributed by atoms with van der Waals surface area (Å²) in [5, 5.41) is 4.73. The molecule has 0 aliphatic heterocycles. The molecule has 0 spiro atoms. The average Bonchev–Trinajstić information content (AvgIpc) is 3.12. The van der Waals surface area contributed by atoms with Gasteiger partial charge in [0, 0.05) is 17.3 Å². The van der Waals surface area contributed by atoms with E-state index in [1.807, 2.05) is 73.2 Å². The van der Waals surface area contributed by atoms with Gasteiger partial charge in [0.1, 0.15) is 0 Å². The topological polar surface area (TPSA) is 73.8 Å². The van der Waals surface area contributed by atoms with Crippen LogP contribution in [0.25, 0.3) is 22.6 Å². The lowest BCUT2D eigenvalue weighted by Crippen LogP contribution is -2.10. The number of carbonyl (C=O) groups is 1. The fourth-order valence-corrected chi connectivity index (χ4v) is 2.56. The number of primary amides is 1. The molecule has 5 heteroatoms. The Kier molecular flexibility index (Phi) is 5.08. The van der Waals surface area contributed by atoms with E-state index in [0.717, 1.165) is 28.3 Å². The molecule has 0 bridgehead atoms. The lowest BCUT2D eigenvalue weighted by molar-refractivity contribution is 0.100. The van der Waals surface area contributed by atoms with Crippen LogP contribution in [0.2, 0.25) is 0 Å². The number of pyridine rings is 1. The highest BCUT2D eigenvalue weighted by atomic mass is 16.1. The van der Waals surface area contributed by atoms with E-state index in [9.17, 15) is 4.79 Å². The van der Waals surface area contributed by atoms with Crippen molar-refractivity contribution in [1.82, 2.24) is 14.8 Å². The second-order valence-corrected chi connectivity index (χ2v) is 5.83. The van der Waals surface area contributed by atoms with E-state index in [1.165, 1.54) is 0 Å². The maximum absolute atomic E-state index is 11.3. The number of rotatable bonds is 5. The molecule has 130 valence electrons. The van der Waals surface area contributed by atoms with Crippen molar-refractivity contribution in [3.63, 3.8) is 0 Å². The van der Waals surface area contributed by atoms with Crippen molar-refractivity contribution in [1.29, 1.82) is 0 Å². The van der Waals surface area contributed by atoms with Gasteiger partial charge in [-0.25, -0.2) is 9.67 Å². The van der Waals surface area contributed by atoms with Crippen molar-refractivity contribution in [2.24, 2.45) is 5.73 Å². The van der Waals surface area contributed by atoms with Crippen LogP contribution < -0.4 is 5.73 Å². The molecule has 2 heterocycles. The zero-order valence-electron chi connectivity index (χ0n) is 14.8. The number of amides is 1. The molecule has 0 aliphatic carbocycles. The minimum Gasteiger partial charge on any atom is -0.366 e. The highest BCUT2D eigenvalue weighted by Crippen LogP contribution is 2.26. The molecule has 1 aromatic carbocycles. The van der Waals surface area contributed by atoms with Crippen molar-refractivity contribution in [2.45, 2.75) is 13.8 Å². The fourth-order valence-electron chi connectivity index (χ4n) is 2.56. The summed E-state index contributed by atoms with van der Waals surface area (Å²) in [7, 11) is 0. The minimum atomic E-state index is -0.444. The molecule has 0 radical (unpaired) electrons. The summed E-state index contributed by atoms with van der Waals surface area (Å²) in [6.45, 7) is 3.99. The van der Waals surface area contributed by atoms with Crippen LogP contribution in [-0.2, 0) is 0 Å². The number of nitrogens with two attached hydrogens (primary N) is 1. The Bertz CT molecular complexity index is 967. The van der Waals surface area contributed by atoms with Crippen LogP contribution in [-0.4, -0.2) is 20.7 Å². The lowest BCUT2D eigenvalue weighted by Gasteiger charge is -2.06. The number of nitrogens with zero attached hydrogens (tertiary/aromatic N) is 3. The van der Waals surface area contributed by atoms with Crippen molar-refractivity contribution in [2.75, 3.05) is 0 Å². The van der Waals surface area contributed by atoms with Crippen LogP contribution in [0.4, 0.5) is 0 Å². The standard InChI is InChI=1S/C21H20N4O/c1-3-4-7-15(2)18-14-19(16-9-11-17(12-10-16)21(22)26)25(24-18)20-8-5-6-13-23-20/h3-14H,1-2H3,(H2,22,26)/b4-3-,15-7+. The van der Waals surface area contributed by atoms with Gasteiger partial charge in [0.25, 0.3) is 0 Å². The third-order valence-electron chi connectivity index (χ3n) is 3.98. The number of hydrogen-bond acceptors (Lipinski definition) is 3. The third kappa shape index (κ3) is 3.62. The largest absolute Gasteiger partial charge is 0.366 e. The number of benzene rings is 1. The number of aromatic nitrogens is 3. The Morgan fingerprint density at radius 1 is 1.15 bits per heavy atom. The fraction of sp³-hybridized carbons (Fsp3) is 0.0952. The molecule has 0 unspecified atom stereocenters. The maximum atomic E-state index is 11.3. The van der Waals surface area contributed by atoms with Crippen LogP contribution in [0, 0.1) is 0 Å². The lowest BCUT2D eigenvalue weighted by atomic mass is 10.1. The van der Waals surface area contributed by atoms with E-state index in [2.05, 4.69) is 4.98 Å². The maximum Gasteiger partial charge on any atom is 0.248 e. The van der Waals surface area contributed by atoms with Gasteiger partial charge in [-0.1, -0.05) is 36.4 Å². The van der Waals surface area contributed by atoms with Gasteiger partial charge in [-0.2, -0.15) is 5.10 Å². The molecule has 3 aromatic rings. The number of hydrogen-bond donors (Lipinski definition) is 1. The van der Waals surface area contributed by atoms with Crippen LogP contribution in [0.5, 0.6) is 0 Å². The predicted molar refractivity (Wildman–Crippen MR) is 104 cm³/mol. The Balaban J connectivity index is 2.13. The second-order valence-electron chi connectivity index (χ2n) is 5.83. The molecule has 2 aromatic heterocycles. The number of allylic oxidation sites excluding steroid dienone is 4. The summed E-state index contributed by atoms with van der Waals surface area (Å²) in [6, 6.07) is 14.9. The van der Waals surface area contributed by atoms with E-state index in [4.69, 9.17) is 10.8 Å². The van der Waals surface area contributed by atoms with Crippen LogP contribution in [0.3, 0.4) is 0 Å². The quantitative estimate of drug-likeness (QED) is 0.711. The molecule has 0 atom stereocenters. The first-order valence-corrected chi connectivity index (χ1v) is 8.32. The minimum absolute atomic E-state index is 0.444. The molecule has 3 rings (SSSR count). The smallest absolute Gasteiger partial charge is 0.248 e. The summed E-state index contributed by atoms with van der Waals surface area (Å²) in [5.41, 5.74) is 9.54. The van der Waals surface area contributed by atoms with Crippen LogP contribution in [0.1, 0.15) is 29.9 Å². The van der Waals surface area contributed by atoms with E-state index in [0.29, 0.717) is 5.56 Å². The SMILES string of the molecule is C/C=C\C=C(/C)c1cc(-c2ccc(C(N)=O)cc2)n(-c2ccccn2)n1. The van der Waals surface area contributed by atoms with Gasteiger partial charge >= 0.3 is 0 Å². The zero-order valence-corrected chi connectivity index (χ0v) is 14.8. The molecular formula is C21H20N4O. The monoisotopic (exact) mass is 344 g/mol. The van der Waals surface area contributed by atoms with Gasteiger partial charge in [0.15, 0.2) is 5.82 Å². The Morgan fingerprint density at radius 3 is 2.54 bits per heavy atom. The Labute approximate surface area is 152 Å². The first kappa shape index (κ1) is 17.4. The van der Waals surface area contributed by atoms with Crippen molar-refractivity contribution in [3.8, 4) is 17.1 Å². The Hall–Kier alpha value is -3.47. The number of carbonyl (C=O) groups excluding carboxylic acids is 1. The molecule has 1 amide bonds. The van der Waals surface area contributed by atoms with Crippen LogP contribution in [0.15, 0.2) is 73.0 Å². The average molecular weight is 344 g/mol. The summed E-state index contributed by atoms with van der Waals surface area (Å²) in [4.78, 5) is 15.7. The zero-order chi connectivity index (χ0) is 18.5. The molecule has 0 saturated heterocycles. The van der Waals surface area contributed by atoms with E-state index >= 15 is 0 Å². The van der Waals surface area contributed by atoms with Crippen LogP contribution >= 0.6 is 0 Å². The van der Waals surface area contributed by atoms with Gasteiger partial charge in [0.05, 0.1) is 11.4 Å². The van der Waals surface area contributed by atoms with E-state index in [-0.39, 0.29) is 0 Å². The van der Waals surface area contributed by atoms with E-state index in [1.54, 1.807) is 18.3 Å². The normalized spacial score (nSPS) is 11.8. The summed E-state index contributed by atoms with van der Waals surface area (Å²) in [5.74, 6) is 0.284. The summed E-state index contributed by atoms with van der Waals surface area (Å²) < 4.78 is 1.81. The molecule has 5 nitrogen and oxygen atoms in total. The van der Waals surface area contributed by atoms with Gasteiger partial charge in [-0.3, -0.25) is 4.79 Å². The van der Waals surface area contributed by atoms with E-state index < -0.39 is 5.91 Å². The molecule has 0 fully saturated rings. The molecule has 0 saturated carbocycles. The molecular weight excluding hydrogens is 324 g/mol. The predicted octanol–water partition coefficient (Wildman–Crippen LogP) is 4.01. The van der Waals surface area contributed by atoms with Crippen molar-refractivity contribution in [3.05, 3.63) is 84.2 Å². The first-order chi connectivity index (χ1) is 12.6. The van der Waals surface area contributed by atoms with Gasteiger partial charge in [-0.15, -0.1) is 0 Å². The van der Waals surface area contributed by atoms with Crippen molar-refractivity contribution >= 4 is 11.5 Å².